The van der Waals surface area contributed by atoms with Gasteiger partial charge >= 0.3 is 0 Å². The molecule has 3 rings (SSSR count). The third kappa shape index (κ3) is 3.16. The van der Waals surface area contributed by atoms with E-state index in [0.29, 0.717) is 23.2 Å². The maximum Gasteiger partial charge on any atom is 0.244 e. The summed E-state index contributed by atoms with van der Waals surface area (Å²) in [7, 11) is 0. The Bertz CT molecular complexity index is 631. The number of nitrogens with zero attached hydrogens (tertiary/aromatic N) is 2. The van der Waals surface area contributed by atoms with E-state index in [1.165, 1.54) is 18.6 Å². The number of hydrogen-bond donors (Lipinski definition) is 1. The average molecular weight is 354 g/mol. The molecule has 0 aliphatic carbocycles. The molecular formula is C15H17BrFN3O. The zero-order chi connectivity index (χ0) is 14.8. The minimum absolute atomic E-state index is 0.0947. The molecule has 1 N–H and O–H groups in total. The van der Waals surface area contributed by atoms with Crippen LogP contribution in [0.4, 0.5) is 4.39 Å². The number of rotatable bonds is 3. The van der Waals surface area contributed by atoms with Gasteiger partial charge in [0.15, 0.2) is 0 Å². The van der Waals surface area contributed by atoms with Crippen LogP contribution in [0.3, 0.4) is 0 Å². The fraction of sp³-hybridized carbons (Fsp3) is 0.467. The van der Waals surface area contributed by atoms with Gasteiger partial charge in [0.25, 0.3) is 0 Å². The van der Waals surface area contributed by atoms with Crippen LogP contribution < -0.4 is 5.32 Å². The van der Waals surface area contributed by atoms with E-state index in [-0.39, 0.29) is 11.9 Å². The third-order valence-electron chi connectivity index (χ3n) is 4.00. The van der Waals surface area contributed by atoms with Crippen molar-refractivity contribution in [1.29, 1.82) is 0 Å². The number of nitrogens with one attached hydrogen (secondary N) is 1. The quantitative estimate of drug-likeness (QED) is 0.902. The van der Waals surface area contributed by atoms with Crippen molar-refractivity contribution in [2.24, 2.45) is 5.92 Å². The summed E-state index contributed by atoms with van der Waals surface area (Å²) < 4.78 is 19.5. The van der Waals surface area contributed by atoms with Gasteiger partial charge in [0.05, 0.1) is 6.04 Å². The van der Waals surface area contributed by atoms with Crippen LogP contribution in [0.1, 0.15) is 38.1 Å². The van der Waals surface area contributed by atoms with E-state index in [1.807, 2.05) is 0 Å². The van der Waals surface area contributed by atoms with Crippen molar-refractivity contribution in [3.8, 4) is 11.4 Å². The molecule has 0 saturated carbocycles. The summed E-state index contributed by atoms with van der Waals surface area (Å²) >= 11 is 3.39. The molecule has 2 unspecified atom stereocenters. The molecular weight excluding hydrogens is 337 g/mol. The molecule has 0 bridgehead atoms. The zero-order valence-corrected chi connectivity index (χ0v) is 13.4. The Morgan fingerprint density at radius 1 is 1.48 bits per heavy atom. The fourth-order valence-electron chi connectivity index (χ4n) is 2.71. The van der Waals surface area contributed by atoms with Gasteiger partial charge in [0, 0.05) is 10.0 Å². The minimum atomic E-state index is -0.318. The largest absolute Gasteiger partial charge is 0.337 e. The van der Waals surface area contributed by atoms with Crippen LogP contribution in [0, 0.1) is 11.7 Å². The second kappa shape index (κ2) is 6.23. The Hall–Kier alpha value is -1.27. The van der Waals surface area contributed by atoms with E-state index in [9.17, 15) is 4.39 Å². The van der Waals surface area contributed by atoms with Gasteiger partial charge in [-0.1, -0.05) is 34.4 Å². The molecule has 1 aromatic carbocycles. The van der Waals surface area contributed by atoms with Gasteiger partial charge in [0.2, 0.25) is 11.7 Å². The number of aromatic nitrogens is 2. The molecule has 2 atom stereocenters. The van der Waals surface area contributed by atoms with E-state index in [2.05, 4.69) is 38.3 Å². The molecule has 0 radical (unpaired) electrons. The first-order valence-corrected chi connectivity index (χ1v) is 7.99. The van der Waals surface area contributed by atoms with Crippen LogP contribution in [0.25, 0.3) is 11.4 Å². The zero-order valence-electron chi connectivity index (χ0n) is 11.8. The van der Waals surface area contributed by atoms with Gasteiger partial charge in [-0.3, -0.25) is 0 Å². The normalized spacial score (nSPS) is 22.4. The van der Waals surface area contributed by atoms with Crippen molar-refractivity contribution < 1.29 is 8.91 Å². The minimum Gasteiger partial charge on any atom is -0.337 e. The first-order chi connectivity index (χ1) is 10.2. The highest BCUT2D eigenvalue weighted by Gasteiger charge is 2.26. The molecule has 1 fully saturated rings. The maximum absolute atomic E-state index is 13.4. The Balaban J connectivity index is 1.84. The van der Waals surface area contributed by atoms with Gasteiger partial charge in [-0.05, 0) is 43.5 Å². The SMILES string of the molecule is CCC1CCNC(c2nc(-c3cc(F)ccc3Br)no2)C1. The summed E-state index contributed by atoms with van der Waals surface area (Å²) in [5, 5.41) is 7.40. The molecule has 1 saturated heterocycles. The van der Waals surface area contributed by atoms with E-state index in [0.717, 1.165) is 23.9 Å². The highest BCUT2D eigenvalue weighted by atomic mass is 79.9. The van der Waals surface area contributed by atoms with E-state index in [4.69, 9.17) is 4.52 Å². The molecule has 0 spiro atoms. The fourth-order valence-corrected chi connectivity index (χ4v) is 3.13. The summed E-state index contributed by atoms with van der Waals surface area (Å²) in [6, 6.07) is 4.54. The molecule has 1 aromatic heterocycles. The Morgan fingerprint density at radius 3 is 3.14 bits per heavy atom. The van der Waals surface area contributed by atoms with Crippen LogP contribution in [0.5, 0.6) is 0 Å². The average Bonchev–Trinajstić information content (AvgIpc) is 2.99. The van der Waals surface area contributed by atoms with Crippen molar-refractivity contribution in [2.45, 2.75) is 32.2 Å². The highest BCUT2D eigenvalue weighted by Crippen LogP contribution is 2.31. The lowest BCUT2D eigenvalue weighted by Gasteiger charge is -2.27. The summed E-state index contributed by atoms with van der Waals surface area (Å²) in [5.41, 5.74) is 0.604. The van der Waals surface area contributed by atoms with E-state index >= 15 is 0 Å². The number of halogens is 2. The van der Waals surface area contributed by atoms with Gasteiger partial charge in [-0.2, -0.15) is 4.98 Å². The topological polar surface area (TPSA) is 51.0 Å². The maximum atomic E-state index is 13.4. The molecule has 4 nitrogen and oxygen atoms in total. The molecule has 1 aliphatic heterocycles. The molecule has 2 heterocycles. The predicted molar refractivity (Wildman–Crippen MR) is 81.2 cm³/mol. The second-order valence-corrected chi connectivity index (χ2v) is 6.24. The van der Waals surface area contributed by atoms with E-state index in [1.54, 1.807) is 6.07 Å². The molecule has 6 heteroatoms. The monoisotopic (exact) mass is 353 g/mol. The molecule has 2 aromatic rings. The Kier molecular flexibility index (Phi) is 4.35. The molecule has 1 aliphatic rings. The van der Waals surface area contributed by atoms with E-state index < -0.39 is 0 Å². The second-order valence-electron chi connectivity index (χ2n) is 5.39. The van der Waals surface area contributed by atoms with Crippen LogP contribution in [0.15, 0.2) is 27.2 Å². The van der Waals surface area contributed by atoms with Crippen LogP contribution in [-0.2, 0) is 0 Å². The van der Waals surface area contributed by atoms with Crippen LogP contribution in [0.2, 0.25) is 0 Å². The van der Waals surface area contributed by atoms with Crippen molar-refractivity contribution in [1.82, 2.24) is 15.5 Å². The smallest absolute Gasteiger partial charge is 0.244 e. The lowest BCUT2D eigenvalue weighted by molar-refractivity contribution is 0.246. The van der Waals surface area contributed by atoms with Gasteiger partial charge in [-0.15, -0.1) is 0 Å². The molecule has 0 amide bonds. The van der Waals surface area contributed by atoms with Crippen LogP contribution >= 0.6 is 15.9 Å². The van der Waals surface area contributed by atoms with Gasteiger partial charge in [-0.25, -0.2) is 4.39 Å². The van der Waals surface area contributed by atoms with Crippen molar-refractivity contribution in [3.05, 3.63) is 34.4 Å². The van der Waals surface area contributed by atoms with Gasteiger partial charge in [0.1, 0.15) is 5.82 Å². The summed E-state index contributed by atoms with van der Waals surface area (Å²) in [6.07, 6.45) is 3.35. The Morgan fingerprint density at radius 2 is 2.33 bits per heavy atom. The summed E-state index contributed by atoms with van der Waals surface area (Å²) in [4.78, 5) is 4.44. The first kappa shape index (κ1) is 14.7. The molecule has 21 heavy (non-hydrogen) atoms. The summed E-state index contributed by atoms with van der Waals surface area (Å²) in [6.45, 7) is 3.17. The lowest BCUT2D eigenvalue weighted by Crippen LogP contribution is -2.31. The molecule has 112 valence electrons. The third-order valence-corrected chi connectivity index (χ3v) is 4.69. The van der Waals surface area contributed by atoms with Gasteiger partial charge < -0.3 is 9.84 Å². The van der Waals surface area contributed by atoms with Crippen LogP contribution in [-0.4, -0.2) is 16.7 Å². The lowest BCUT2D eigenvalue weighted by atomic mass is 9.90. The van der Waals surface area contributed by atoms with Crippen molar-refractivity contribution >= 4 is 15.9 Å². The number of piperidine rings is 1. The summed E-state index contributed by atoms with van der Waals surface area (Å²) in [5.74, 6) is 1.37. The predicted octanol–water partition coefficient (Wildman–Crippen LogP) is 4.09. The number of hydrogen-bond acceptors (Lipinski definition) is 4. The Labute approximate surface area is 131 Å². The van der Waals surface area contributed by atoms with Crippen molar-refractivity contribution in [2.75, 3.05) is 6.54 Å². The van der Waals surface area contributed by atoms with Crippen molar-refractivity contribution in [3.63, 3.8) is 0 Å². The number of benzene rings is 1. The standard InChI is InChI=1S/C15H17BrFN3O/c1-2-9-5-6-18-13(7-9)15-19-14(20-21-15)11-8-10(17)3-4-12(11)16/h3-4,8-9,13,18H,2,5-7H2,1H3. The highest BCUT2D eigenvalue weighted by molar-refractivity contribution is 9.10. The first-order valence-electron chi connectivity index (χ1n) is 7.19.